The van der Waals surface area contributed by atoms with Crippen LogP contribution in [0.4, 0.5) is 0 Å². The van der Waals surface area contributed by atoms with E-state index in [-0.39, 0.29) is 6.04 Å². The van der Waals surface area contributed by atoms with E-state index in [2.05, 4.69) is 75.3 Å². The van der Waals surface area contributed by atoms with Gasteiger partial charge in [0.25, 0.3) is 0 Å². The molecular weight excluding hydrogens is 320 g/mol. The van der Waals surface area contributed by atoms with Gasteiger partial charge in [0.2, 0.25) is 0 Å². The summed E-state index contributed by atoms with van der Waals surface area (Å²) in [6.07, 6.45) is 0. The Labute approximate surface area is 124 Å². The molecule has 0 fully saturated rings. The van der Waals surface area contributed by atoms with Gasteiger partial charge in [0.05, 0.1) is 6.04 Å². The maximum Gasteiger partial charge on any atom is 0.0808 e. The van der Waals surface area contributed by atoms with E-state index in [1.54, 1.807) is 11.3 Å². The summed E-state index contributed by atoms with van der Waals surface area (Å²) in [7, 11) is 0. The van der Waals surface area contributed by atoms with Gasteiger partial charge < -0.3 is 0 Å². The minimum absolute atomic E-state index is 0.0161. The summed E-state index contributed by atoms with van der Waals surface area (Å²) in [5, 5.41) is 4.54. The van der Waals surface area contributed by atoms with Crippen LogP contribution in [0.3, 0.4) is 0 Å². The van der Waals surface area contributed by atoms with Gasteiger partial charge in [-0.1, -0.05) is 42.5 Å². The molecule has 0 spiro atoms. The highest BCUT2D eigenvalue weighted by Gasteiger charge is 2.16. The van der Waals surface area contributed by atoms with Crippen LogP contribution in [0.1, 0.15) is 16.5 Å². The minimum Gasteiger partial charge on any atom is -0.271 e. The number of nitrogens with one attached hydrogen (secondary N) is 1. The molecule has 96 valence electrons. The molecule has 3 rings (SSSR count). The Bertz CT molecular complexity index is 703. The van der Waals surface area contributed by atoms with Crippen molar-refractivity contribution in [3.63, 3.8) is 0 Å². The molecule has 0 bridgehead atoms. The Hall–Kier alpha value is -1.20. The second-order valence-corrected chi connectivity index (χ2v) is 6.19. The van der Waals surface area contributed by atoms with Crippen molar-refractivity contribution in [1.82, 2.24) is 5.43 Å². The van der Waals surface area contributed by atoms with Gasteiger partial charge in [0.15, 0.2) is 0 Å². The number of hydrogen-bond donors (Lipinski definition) is 2. The molecule has 3 N–H and O–H groups in total. The van der Waals surface area contributed by atoms with E-state index in [0.717, 1.165) is 4.47 Å². The van der Waals surface area contributed by atoms with Crippen LogP contribution in [-0.4, -0.2) is 0 Å². The number of thiophene rings is 1. The van der Waals surface area contributed by atoms with Crippen molar-refractivity contribution < 1.29 is 0 Å². The van der Waals surface area contributed by atoms with Gasteiger partial charge in [-0.05, 0) is 38.3 Å². The summed E-state index contributed by atoms with van der Waals surface area (Å²) in [6, 6.07) is 16.8. The molecule has 1 unspecified atom stereocenters. The monoisotopic (exact) mass is 332 g/mol. The SMILES string of the molecule is NNC(c1cc(Br)cs1)c1cccc2ccccc12. The van der Waals surface area contributed by atoms with Crippen LogP contribution in [-0.2, 0) is 0 Å². The van der Waals surface area contributed by atoms with Crippen LogP contribution in [0, 0.1) is 0 Å². The second kappa shape index (κ2) is 5.43. The Balaban J connectivity index is 2.16. The molecule has 4 heteroatoms. The first-order chi connectivity index (χ1) is 9.29. The number of rotatable bonds is 3. The fourth-order valence-corrected chi connectivity index (χ4v) is 3.83. The fraction of sp³-hybridized carbons (Fsp3) is 0.0667. The molecular formula is C15H13BrN2S. The Morgan fingerprint density at radius 2 is 1.89 bits per heavy atom. The third-order valence-electron chi connectivity index (χ3n) is 3.17. The third-order valence-corrected chi connectivity index (χ3v) is 4.93. The molecule has 3 aromatic rings. The molecule has 2 aromatic carbocycles. The van der Waals surface area contributed by atoms with Gasteiger partial charge >= 0.3 is 0 Å². The number of halogens is 1. The molecule has 0 saturated carbocycles. The first kappa shape index (κ1) is 12.8. The molecule has 0 amide bonds. The Morgan fingerprint density at radius 3 is 2.63 bits per heavy atom. The fourth-order valence-electron chi connectivity index (χ4n) is 2.31. The van der Waals surface area contributed by atoms with Gasteiger partial charge in [-0.15, -0.1) is 11.3 Å². The highest BCUT2D eigenvalue weighted by atomic mass is 79.9. The normalized spacial score (nSPS) is 12.7. The van der Waals surface area contributed by atoms with Crippen molar-refractivity contribution in [3.05, 3.63) is 68.8 Å². The lowest BCUT2D eigenvalue weighted by Gasteiger charge is -2.17. The largest absolute Gasteiger partial charge is 0.271 e. The second-order valence-electron chi connectivity index (χ2n) is 4.34. The lowest BCUT2D eigenvalue weighted by atomic mass is 9.98. The summed E-state index contributed by atoms with van der Waals surface area (Å²) in [5.41, 5.74) is 4.13. The van der Waals surface area contributed by atoms with Crippen molar-refractivity contribution in [2.45, 2.75) is 6.04 Å². The van der Waals surface area contributed by atoms with Crippen LogP contribution in [0.25, 0.3) is 10.8 Å². The molecule has 1 atom stereocenters. The standard InChI is InChI=1S/C15H13BrN2S/c16-11-8-14(19-9-11)15(18-17)13-7-3-5-10-4-1-2-6-12(10)13/h1-9,15,18H,17H2. The van der Waals surface area contributed by atoms with Crippen molar-refractivity contribution in [3.8, 4) is 0 Å². The zero-order valence-corrected chi connectivity index (χ0v) is 12.5. The molecule has 2 nitrogen and oxygen atoms in total. The number of hydrazine groups is 1. The van der Waals surface area contributed by atoms with Gasteiger partial charge in [-0.3, -0.25) is 5.84 Å². The van der Waals surface area contributed by atoms with E-state index in [1.807, 2.05) is 0 Å². The van der Waals surface area contributed by atoms with Crippen molar-refractivity contribution >= 4 is 38.0 Å². The lowest BCUT2D eigenvalue weighted by Crippen LogP contribution is -2.28. The smallest absolute Gasteiger partial charge is 0.0808 e. The highest BCUT2D eigenvalue weighted by Crippen LogP contribution is 2.33. The highest BCUT2D eigenvalue weighted by molar-refractivity contribution is 9.10. The first-order valence-corrected chi connectivity index (χ1v) is 7.64. The Morgan fingerprint density at radius 1 is 1.11 bits per heavy atom. The molecule has 0 radical (unpaired) electrons. The van der Waals surface area contributed by atoms with E-state index in [1.165, 1.54) is 21.2 Å². The van der Waals surface area contributed by atoms with Crippen LogP contribution in [0.5, 0.6) is 0 Å². The number of fused-ring (bicyclic) bond motifs is 1. The molecule has 0 aliphatic rings. The van der Waals surface area contributed by atoms with Crippen molar-refractivity contribution in [1.29, 1.82) is 0 Å². The summed E-state index contributed by atoms with van der Waals surface area (Å²) >= 11 is 5.19. The molecule has 19 heavy (non-hydrogen) atoms. The summed E-state index contributed by atoms with van der Waals surface area (Å²) in [5.74, 6) is 5.78. The Kier molecular flexibility index (Phi) is 3.66. The lowest BCUT2D eigenvalue weighted by molar-refractivity contribution is 0.650. The average Bonchev–Trinajstić information content (AvgIpc) is 2.86. The molecule has 0 aliphatic carbocycles. The zero-order valence-electron chi connectivity index (χ0n) is 10.1. The van der Waals surface area contributed by atoms with Crippen LogP contribution >= 0.6 is 27.3 Å². The van der Waals surface area contributed by atoms with E-state index < -0.39 is 0 Å². The predicted octanol–water partition coefficient (Wildman–Crippen LogP) is 4.22. The number of hydrogen-bond acceptors (Lipinski definition) is 3. The molecule has 1 heterocycles. The molecule has 1 aromatic heterocycles. The number of nitrogens with two attached hydrogens (primary N) is 1. The van der Waals surface area contributed by atoms with Crippen molar-refractivity contribution in [2.24, 2.45) is 5.84 Å². The quantitative estimate of drug-likeness (QED) is 0.556. The maximum absolute atomic E-state index is 5.78. The number of benzene rings is 2. The van der Waals surface area contributed by atoms with E-state index in [9.17, 15) is 0 Å². The minimum atomic E-state index is 0.0161. The van der Waals surface area contributed by atoms with Gasteiger partial charge in [-0.25, -0.2) is 5.43 Å². The predicted molar refractivity (Wildman–Crippen MR) is 85.1 cm³/mol. The topological polar surface area (TPSA) is 38.0 Å². The van der Waals surface area contributed by atoms with Crippen LogP contribution in [0.2, 0.25) is 0 Å². The summed E-state index contributed by atoms with van der Waals surface area (Å²) in [4.78, 5) is 1.20. The zero-order chi connectivity index (χ0) is 13.2. The molecule has 0 aliphatic heterocycles. The summed E-state index contributed by atoms with van der Waals surface area (Å²) in [6.45, 7) is 0. The third kappa shape index (κ3) is 2.44. The first-order valence-electron chi connectivity index (χ1n) is 5.97. The summed E-state index contributed by atoms with van der Waals surface area (Å²) < 4.78 is 1.09. The van der Waals surface area contributed by atoms with E-state index in [0.29, 0.717) is 0 Å². The van der Waals surface area contributed by atoms with Crippen molar-refractivity contribution in [2.75, 3.05) is 0 Å². The van der Waals surface area contributed by atoms with Crippen LogP contribution in [0.15, 0.2) is 58.4 Å². The van der Waals surface area contributed by atoms with E-state index >= 15 is 0 Å². The van der Waals surface area contributed by atoms with Crippen LogP contribution < -0.4 is 11.3 Å². The maximum atomic E-state index is 5.78. The van der Waals surface area contributed by atoms with E-state index in [4.69, 9.17) is 5.84 Å². The average molecular weight is 333 g/mol. The van der Waals surface area contributed by atoms with Gasteiger partial charge in [0.1, 0.15) is 0 Å². The van der Waals surface area contributed by atoms with Gasteiger partial charge in [0, 0.05) is 14.7 Å². The molecule has 0 saturated heterocycles. The van der Waals surface area contributed by atoms with Gasteiger partial charge in [-0.2, -0.15) is 0 Å².